The van der Waals surface area contributed by atoms with Crippen molar-refractivity contribution in [2.24, 2.45) is 7.05 Å². The molecule has 4 rings (SSSR count). The second kappa shape index (κ2) is 6.95. The summed E-state index contributed by atoms with van der Waals surface area (Å²) in [6.07, 6.45) is 7.97. The largest absolute Gasteiger partial charge is 0.486 e. The second-order valence-electron chi connectivity index (χ2n) is 6.76. The summed E-state index contributed by atoms with van der Waals surface area (Å²) < 4.78 is 13.7. The van der Waals surface area contributed by atoms with Gasteiger partial charge < -0.3 is 14.0 Å². The van der Waals surface area contributed by atoms with Crippen LogP contribution < -0.4 is 4.74 Å². The molecule has 1 aliphatic carbocycles. The lowest BCUT2D eigenvalue weighted by Gasteiger charge is -2.37. The number of hydrogen-bond donors (Lipinski definition) is 0. The maximum atomic E-state index is 5.90. The highest BCUT2D eigenvalue weighted by Crippen LogP contribution is 2.30. The zero-order valence-electron chi connectivity index (χ0n) is 14.2. The van der Waals surface area contributed by atoms with Gasteiger partial charge in [-0.2, -0.15) is 0 Å². The molecular formula is C19H25N3O2. The van der Waals surface area contributed by atoms with Crippen molar-refractivity contribution in [2.75, 3.05) is 13.2 Å². The Morgan fingerprint density at radius 3 is 2.92 bits per heavy atom. The average molecular weight is 327 g/mol. The topological polar surface area (TPSA) is 39.5 Å². The lowest BCUT2D eigenvalue weighted by molar-refractivity contribution is -0.0588. The quantitative estimate of drug-likeness (QED) is 0.846. The molecule has 0 radical (unpaired) electrons. The zero-order valence-corrected chi connectivity index (χ0v) is 14.2. The molecule has 1 aromatic heterocycles. The fraction of sp³-hybridized carbons (Fsp3) is 0.526. The Bertz CT molecular complexity index is 668. The molecule has 1 aromatic carbocycles. The molecule has 2 aliphatic rings. The number of benzene rings is 1. The predicted molar refractivity (Wildman–Crippen MR) is 91.8 cm³/mol. The van der Waals surface area contributed by atoms with Crippen LogP contribution in [-0.2, 0) is 24.9 Å². The number of aryl methyl sites for hydroxylation is 1. The fourth-order valence-corrected chi connectivity index (χ4v) is 3.81. The van der Waals surface area contributed by atoms with E-state index in [0.29, 0.717) is 18.8 Å². The van der Waals surface area contributed by atoms with Crippen LogP contribution in [0.15, 0.2) is 36.7 Å². The molecule has 2 aromatic rings. The smallest absolute Gasteiger partial charge is 0.146 e. The zero-order chi connectivity index (χ0) is 16.4. The minimum Gasteiger partial charge on any atom is -0.486 e. The number of fused-ring (bicyclic) bond motifs is 1. The van der Waals surface area contributed by atoms with Crippen LogP contribution in [0, 0.1) is 0 Å². The number of morpholine rings is 1. The predicted octanol–water partition coefficient (Wildman–Crippen LogP) is 2.75. The van der Waals surface area contributed by atoms with E-state index in [1.54, 1.807) is 6.20 Å². The molecule has 0 amide bonds. The number of hydrogen-bond acceptors (Lipinski definition) is 4. The van der Waals surface area contributed by atoms with Gasteiger partial charge in [-0.25, -0.2) is 4.98 Å². The van der Waals surface area contributed by atoms with Crippen LogP contribution in [0.1, 0.15) is 30.7 Å². The Balaban J connectivity index is 1.34. The van der Waals surface area contributed by atoms with Crippen LogP contribution in [0.4, 0.5) is 0 Å². The molecule has 2 atom stereocenters. The molecular weight excluding hydrogens is 302 g/mol. The van der Waals surface area contributed by atoms with Gasteiger partial charge in [-0.15, -0.1) is 0 Å². The monoisotopic (exact) mass is 327 g/mol. The van der Waals surface area contributed by atoms with Gasteiger partial charge in [-0.05, 0) is 37.0 Å². The third-order valence-corrected chi connectivity index (χ3v) is 5.20. The Labute approximate surface area is 143 Å². The van der Waals surface area contributed by atoms with Crippen molar-refractivity contribution in [3.8, 4) is 5.75 Å². The lowest BCUT2D eigenvalue weighted by atomic mass is 10.1. The standard InChI is InChI=1S/C19H25N3O2/c1-21-10-9-20-19(21)14-24-16-7-5-15(6-8-16)13-22-11-12-23-18-4-2-3-17(18)22/h5-10,17-18H,2-4,11-14H2,1H3/t17-,18-/m1/s1. The summed E-state index contributed by atoms with van der Waals surface area (Å²) in [5.74, 6) is 1.82. The first kappa shape index (κ1) is 15.7. The number of nitrogens with zero attached hydrogens (tertiary/aromatic N) is 3. The highest BCUT2D eigenvalue weighted by molar-refractivity contribution is 5.27. The van der Waals surface area contributed by atoms with Gasteiger partial charge in [0.15, 0.2) is 0 Å². The highest BCUT2D eigenvalue weighted by atomic mass is 16.5. The van der Waals surface area contributed by atoms with E-state index in [9.17, 15) is 0 Å². The van der Waals surface area contributed by atoms with Crippen molar-refractivity contribution in [3.63, 3.8) is 0 Å². The number of ether oxygens (including phenoxy) is 2. The van der Waals surface area contributed by atoms with Gasteiger partial charge in [0.1, 0.15) is 18.2 Å². The van der Waals surface area contributed by atoms with E-state index >= 15 is 0 Å². The van der Waals surface area contributed by atoms with Crippen molar-refractivity contribution in [3.05, 3.63) is 48.0 Å². The molecule has 0 spiro atoms. The van der Waals surface area contributed by atoms with Crippen molar-refractivity contribution >= 4 is 0 Å². The summed E-state index contributed by atoms with van der Waals surface area (Å²) >= 11 is 0. The Morgan fingerprint density at radius 2 is 2.12 bits per heavy atom. The first-order valence-corrected chi connectivity index (χ1v) is 8.83. The van der Waals surface area contributed by atoms with Crippen molar-refractivity contribution in [1.29, 1.82) is 0 Å². The fourth-order valence-electron chi connectivity index (χ4n) is 3.81. The van der Waals surface area contributed by atoms with Crippen LogP contribution in [-0.4, -0.2) is 39.7 Å². The Morgan fingerprint density at radius 1 is 1.25 bits per heavy atom. The van der Waals surface area contributed by atoms with E-state index in [1.807, 2.05) is 17.8 Å². The number of aromatic nitrogens is 2. The summed E-state index contributed by atoms with van der Waals surface area (Å²) in [5.41, 5.74) is 1.34. The SMILES string of the molecule is Cn1ccnc1COc1ccc(CN2CCO[C@@H]3CCC[C@H]32)cc1. The van der Waals surface area contributed by atoms with E-state index in [2.05, 4.69) is 34.1 Å². The summed E-state index contributed by atoms with van der Waals surface area (Å²) in [5, 5.41) is 0. The molecule has 2 fully saturated rings. The first-order valence-electron chi connectivity index (χ1n) is 8.83. The van der Waals surface area contributed by atoms with E-state index in [0.717, 1.165) is 31.3 Å². The van der Waals surface area contributed by atoms with Crippen LogP contribution in [0.25, 0.3) is 0 Å². The van der Waals surface area contributed by atoms with Crippen molar-refractivity contribution < 1.29 is 9.47 Å². The normalized spacial score (nSPS) is 24.0. The van der Waals surface area contributed by atoms with Gasteiger partial charge in [0, 0.05) is 38.6 Å². The van der Waals surface area contributed by atoms with Crippen LogP contribution in [0.3, 0.4) is 0 Å². The summed E-state index contributed by atoms with van der Waals surface area (Å²) in [6, 6.07) is 9.08. The van der Waals surface area contributed by atoms with Gasteiger partial charge in [0.2, 0.25) is 0 Å². The van der Waals surface area contributed by atoms with Gasteiger partial charge in [-0.1, -0.05) is 12.1 Å². The number of rotatable bonds is 5. The lowest BCUT2D eigenvalue weighted by Crippen LogP contribution is -2.47. The van der Waals surface area contributed by atoms with Gasteiger partial charge >= 0.3 is 0 Å². The van der Waals surface area contributed by atoms with Gasteiger partial charge in [0.05, 0.1) is 12.7 Å². The molecule has 1 saturated carbocycles. The third kappa shape index (κ3) is 3.32. The van der Waals surface area contributed by atoms with E-state index in [-0.39, 0.29) is 0 Å². The molecule has 0 N–H and O–H groups in total. The maximum Gasteiger partial charge on any atom is 0.146 e. The molecule has 2 heterocycles. The molecule has 24 heavy (non-hydrogen) atoms. The van der Waals surface area contributed by atoms with E-state index in [4.69, 9.17) is 9.47 Å². The average Bonchev–Trinajstić information content (AvgIpc) is 3.24. The molecule has 1 saturated heterocycles. The van der Waals surface area contributed by atoms with Crippen molar-refractivity contribution in [2.45, 2.75) is 44.6 Å². The first-order chi connectivity index (χ1) is 11.8. The van der Waals surface area contributed by atoms with Gasteiger partial charge in [-0.3, -0.25) is 4.90 Å². The van der Waals surface area contributed by atoms with E-state index < -0.39 is 0 Å². The molecule has 128 valence electrons. The maximum absolute atomic E-state index is 5.90. The minimum absolute atomic E-state index is 0.458. The molecule has 5 heteroatoms. The highest BCUT2D eigenvalue weighted by Gasteiger charge is 2.35. The van der Waals surface area contributed by atoms with Crippen molar-refractivity contribution in [1.82, 2.24) is 14.5 Å². The van der Waals surface area contributed by atoms with Crippen LogP contribution in [0.5, 0.6) is 5.75 Å². The summed E-state index contributed by atoms with van der Waals surface area (Å²) in [7, 11) is 1.98. The van der Waals surface area contributed by atoms with E-state index in [1.165, 1.54) is 24.8 Å². The molecule has 1 aliphatic heterocycles. The summed E-state index contributed by atoms with van der Waals surface area (Å²) in [6.45, 7) is 3.41. The molecule has 5 nitrogen and oxygen atoms in total. The van der Waals surface area contributed by atoms with Crippen LogP contribution in [0.2, 0.25) is 0 Å². The molecule has 0 unspecified atom stereocenters. The third-order valence-electron chi connectivity index (χ3n) is 5.20. The van der Waals surface area contributed by atoms with Gasteiger partial charge in [0.25, 0.3) is 0 Å². The second-order valence-corrected chi connectivity index (χ2v) is 6.76. The number of imidazole rings is 1. The van der Waals surface area contributed by atoms with Crippen LogP contribution >= 0.6 is 0 Å². The molecule has 0 bridgehead atoms. The summed E-state index contributed by atoms with van der Waals surface area (Å²) in [4.78, 5) is 6.86. The Kier molecular flexibility index (Phi) is 4.54. The Hall–Kier alpha value is -1.85. The minimum atomic E-state index is 0.458.